The summed E-state index contributed by atoms with van der Waals surface area (Å²) in [5, 5.41) is 3.59. The van der Waals surface area contributed by atoms with Crippen LogP contribution in [0.25, 0.3) is 0 Å². The van der Waals surface area contributed by atoms with E-state index in [1.165, 1.54) is 12.1 Å². The highest BCUT2D eigenvalue weighted by Gasteiger charge is 2.16. The molecule has 0 aliphatic carbocycles. The summed E-state index contributed by atoms with van der Waals surface area (Å²) < 4.78 is 44.6. The topological polar surface area (TPSA) is 85.1 Å². The Bertz CT molecular complexity index is 717. The summed E-state index contributed by atoms with van der Waals surface area (Å²) in [7, 11) is -3.76. The smallest absolute Gasteiger partial charge is 0.240 e. The van der Waals surface area contributed by atoms with Crippen molar-refractivity contribution in [2.24, 2.45) is 0 Å². The number of halogens is 2. The first kappa shape index (κ1) is 15.1. The maximum absolute atomic E-state index is 13.3. The van der Waals surface area contributed by atoms with Crippen LogP contribution in [0.2, 0.25) is 0 Å². The maximum Gasteiger partial charge on any atom is 0.240 e. The Morgan fingerprint density at radius 1 is 1.45 bits per heavy atom. The molecule has 9 heteroatoms. The lowest BCUT2D eigenvalue weighted by atomic mass is 10.3. The Kier molecular flexibility index (Phi) is 4.51. The summed E-state index contributed by atoms with van der Waals surface area (Å²) in [4.78, 5) is 3.81. The van der Waals surface area contributed by atoms with Crippen molar-refractivity contribution >= 4 is 26.0 Å². The number of sulfonamides is 1. The molecule has 6 nitrogen and oxygen atoms in total. The largest absolute Gasteiger partial charge is 0.339 e. The molecule has 0 aliphatic heterocycles. The van der Waals surface area contributed by atoms with Crippen LogP contribution in [0.15, 0.2) is 32.1 Å². The van der Waals surface area contributed by atoms with Crippen molar-refractivity contribution in [1.82, 2.24) is 14.9 Å². The van der Waals surface area contributed by atoms with Crippen molar-refractivity contribution in [2.75, 3.05) is 6.54 Å². The molecule has 0 spiro atoms. The van der Waals surface area contributed by atoms with Crippen LogP contribution in [0.3, 0.4) is 0 Å². The van der Waals surface area contributed by atoms with Crippen LogP contribution in [0, 0.1) is 12.7 Å². The van der Waals surface area contributed by atoms with E-state index >= 15 is 0 Å². The number of nitrogens with zero attached hydrogens (tertiary/aromatic N) is 2. The van der Waals surface area contributed by atoms with Crippen molar-refractivity contribution in [3.05, 3.63) is 40.2 Å². The molecule has 0 fully saturated rings. The third-order valence-corrected chi connectivity index (χ3v) is 4.50. The standard InChI is InChI=1S/C11H11BrFN3O3S/c1-7-15-11(19-16-7)4-5-14-20(17,18)8-2-3-9(12)10(13)6-8/h2-3,6,14H,4-5H2,1H3. The zero-order valence-corrected chi connectivity index (χ0v) is 12.8. The molecule has 0 amide bonds. The summed E-state index contributed by atoms with van der Waals surface area (Å²) >= 11 is 2.96. The van der Waals surface area contributed by atoms with Crippen LogP contribution in [-0.2, 0) is 16.4 Å². The number of nitrogens with one attached hydrogen (secondary N) is 1. The average Bonchev–Trinajstić information content (AvgIpc) is 2.78. The highest BCUT2D eigenvalue weighted by molar-refractivity contribution is 9.10. The Morgan fingerprint density at radius 2 is 2.20 bits per heavy atom. The third kappa shape index (κ3) is 3.62. The van der Waals surface area contributed by atoms with Gasteiger partial charge in [0.2, 0.25) is 15.9 Å². The maximum atomic E-state index is 13.3. The first-order valence-corrected chi connectivity index (χ1v) is 7.90. The van der Waals surface area contributed by atoms with Crippen molar-refractivity contribution in [2.45, 2.75) is 18.2 Å². The predicted octanol–water partition coefficient (Wildman–Crippen LogP) is 1.80. The van der Waals surface area contributed by atoms with Crippen molar-refractivity contribution in [3.63, 3.8) is 0 Å². The van der Waals surface area contributed by atoms with Crippen LogP contribution in [0.4, 0.5) is 4.39 Å². The molecule has 2 rings (SSSR count). The second kappa shape index (κ2) is 5.98. The van der Waals surface area contributed by atoms with Gasteiger partial charge in [0, 0.05) is 13.0 Å². The highest BCUT2D eigenvalue weighted by Crippen LogP contribution is 2.19. The van der Waals surface area contributed by atoms with Gasteiger partial charge < -0.3 is 4.52 Å². The van der Waals surface area contributed by atoms with E-state index in [4.69, 9.17) is 4.52 Å². The highest BCUT2D eigenvalue weighted by atomic mass is 79.9. The van der Waals surface area contributed by atoms with Crippen LogP contribution in [0.5, 0.6) is 0 Å². The zero-order valence-electron chi connectivity index (χ0n) is 10.4. The minimum absolute atomic E-state index is 0.0850. The molecule has 108 valence electrons. The fourth-order valence-corrected chi connectivity index (χ4v) is 2.75. The van der Waals surface area contributed by atoms with E-state index < -0.39 is 15.8 Å². The molecule has 0 aliphatic rings. The molecule has 20 heavy (non-hydrogen) atoms. The summed E-state index contributed by atoms with van der Waals surface area (Å²) in [6.45, 7) is 1.75. The van der Waals surface area contributed by atoms with Gasteiger partial charge in [0.15, 0.2) is 5.82 Å². The lowest BCUT2D eigenvalue weighted by molar-refractivity contribution is 0.375. The Hall–Kier alpha value is -1.32. The van der Waals surface area contributed by atoms with Crippen LogP contribution >= 0.6 is 15.9 Å². The van der Waals surface area contributed by atoms with Crippen molar-refractivity contribution in [1.29, 1.82) is 0 Å². The van der Waals surface area contributed by atoms with Gasteiger partial charge in [-0.15, -0.1) is 0 Å². The molecule has 1 heterocycles. The molecule has 1 aromatic carbocycles. The fraction of sp³-hybridized carbons (Fsp3) is 0.273. The number of benzene rings is 1. The zero-order chi connectivity index (χ0) is 14.8. The van der Waals surface area contributed by atoms with E-state index in [0.717, 1.165) is 6.07 Å². The molecular weight excluding hydrogens is 353 g/mol. The van der Waals surface area contributed by atoms with E-state index in [0.29, 0.717) is 11.7 Å². The van der Waals surface area contributed by atoms with Gasteiger partial charge in [-0.25, -0.2) is 17.5 Å². The van der Waals surface area contributed by atoms with E-state index in [-0.39, 0.29) is 22.3 Å². The first-order chi connectivity index (χ1) is 9.38. The first-order valence-electron chi connectivity index (χ1n) is 5.62. The minimum Gasteiger partial charge on any atom is -0.339 e. The van der Waals surface area contributed by atoms with Crippen LogP contribution in [-0.4, -0.2) is 25.1 Å². The summed E-state index contributed by atoms with van der Waals surface area (Å²) in [5.41, 5.74) is 0. The van der Waals surface area contributed by atoms with E-state index in [1.54, 1.807) is 6.92 Å². The molecule has 1 N–H and O–H groups in total. The number of hydrogen-bond acceptors (Lipinski definition) is 5. The normalized spacial score (nSPS) is 11.8. The average molecular weight is 364 g/mol. The van der Waals surface area contributed by atoms with Gasteiger partial charge in [-0.3, -0.25) is 0 Å². The van der Waals surface area contributed by atoms with E-state index in [1.807, 2.05) is 0 Å². The van der Waals surface area contributed by atoms with Crippen LogP contribution < -0.4 is 4.72 Å². The predicted molar refractivity (Wildman–Crippen MR) is 72.0 cm³/mol. The summed E-state index contributed by atoms with van der Waals surface area (Å²) in [5.74, 6) is 0.186. The van der Waals surface area contributed by atoms with Gasteiger partial charge in [-0.05, 0) is 41.1 Å². The second-order valence-electron chi connectivity index (χ2n) is 3.96. The lowest BCUT2D eigenvalue weighted by Gasteiger charge is -2.06. The lowest BCUT2D eigenvalue weighted by Crippen LogP contribution is -2.26. The third-order valence-electron chi connectivity index (χ3n) is 2.40. The fourth-order valence-electron chi connectivity index (χ4n) is 1.46. The molecule has 2 aromatic rings. The molecular formula is C11H11BrFN3O3S. The SMILES string of the molecule is Cc1noc(CCNS(=O)(=O)c2ccc(Br)c(F)c2)n1. The number of hydrogen-bond donors (Lipinski definition) is 1. The summed E-state index contributed by atoms with van der Waals surface area (Å²) in [6.07, 6.45) is 0.263. The molecule has 0 bridgehead atoms. The second-order valence-corrected chi connectivity index (χ2v) is 6.58. The van der Waals surface area contributed by atoms with Gasteiger partial charge in [0.1, 0.15) is 5.82 Å². The van der Waals surface area contributed by atoms with E-state index in [9.17, 15) is 12.8 Å². The summed E-state index contributed by atoms with van der Waals surface area (Å²) in [6, 6.07) is 3.60. The van der Waals surface area contributed by atoms with Gasteiger partial charge in [-0.2, -0.15) is 4.98 Å². The minimum atomic E-state index is -3.76. The van der Waals surface area contributed by atoms with Crippen molar-refractivity contribution < 1.29 is 17.3 Å². The van der Waals surface area contributed by atoms with Gasteiger partial charge in [0.25, 0.3) is 0 Å². The van der Waals surface area contributed by atoms with Crippen LogP contribution in [0.1, 0.15) is 11.7 Å². The van der Waals surface area contributed by atoms with Crippen molar-refractivity contribution in [3.8, 4) is 0 Å². The molecule has 0 saturated carbocycles. The molecule has 0 saturated heterocycles. The molecule has 0 unspecified atom stereocenters. The molecule has 1 aromatic heterocycles. The van der Waals surface area contributed by atoms with Gasteiger partial charge in [0.05, 0.1) is 9.37 Å². The monoisotopic (exact) mass is 363 g/mol. The van der Waals surface area contributed by atoms with E-state index in [2.05, 4.69) is 30.8 Å². The Balaban J connectivity index is 2.02. The van der Waals surface area contributed by atoms with Gasteiger partial charge >= 0.3 is 0 Å². The number of rotatable bonds is 5. The molecule has 0 radical (unpaired) electrons. The Morgan fingerprint density at radius 3 is 2.80 bits per heavy atom. The Labute approximate surface area is 123 Å². The number of aromatic nitrogens is 2. The quantitative estimate of drug-likeness (QED) is 0.875. The number of aryl methyl sites for hydroxylation is 1. The molecule has 0 atom stereocenters. The van der Waals surface area contributed by atoms with Gasteiger partial charge in [-0.1, -0.05) is 5.16 Å².